The number of amides is 1. The van der Waals surface area contributed by atoms with Gasteiger partial charge in [-0.3, -0.25) is 4.79 Å². The molecule has 0 radical (unpaired) electrons. The van der Waals surface area contributed by atoms with Crippen LogP contribution in [0.15, 0.2) is 18.2 Å². The Morgan fingerprint density at radius 1 is 1.25 bits per heavy atom. The Balaban J connectivity index is 1.59. The third kappa shape index (κ3) is 2.97. The fourth-order valence-corrected chi connectivity index (χ4v) is 3.48. The second kappa shape index (κ2) is 6.29. The summed E-state index contributed by atoms with van der Waals surface area (Å²) in [6.07, 6.45) is 8.79. The second-order valence-electron chi connectivity index (χ2n) is 6.07. The fraction of sp³-hybridized carbons (Fsp3) is 0.588. The van der Waals surface area contributed by atoms with Gasteiger partial charge >= 0.3 is 0 Å². The lowest BCUT2D eigenvalue weighted by Crippen LogP contribution is -2.27. The normalized spacial score (nSPS) is 18.4. The van der Waals surface area contributed by atoms with E-state index in [1.54, 1.807) is 0 Å². The SMILES string of the molecule is O=C(NCCC1CCCC1)c1cccc2c1NCCC2. The Bertz CT molecular complexity index is 478. The number of benzene rings is 1. The first kappa shape index (κ1) is 13.5. The second-order valence-corrected chi connectivity index (χ2v) is 6.07. The topological polar surface area (TPSA) is 41.1 Å². The van der Waals surface area contributed by atoms with E-state index >= 15 is 0 Å². The standard InChI is InChI=1S/C17H24N2O/c20-17(19-12-10-13-5-1-2-6-13)15-9-3-7-14-8-4-11-18-16(14)15/h3,7,9,13,18H,1-2,4-6,8,10-12H2,(H,19,20). The van der Waals surface area contributed by atoms with Crippen LogP contribution in [-0.4, -0.2) is 19.0 Å². The Kier molecular flexibility index (Phi) is 4.24. The number of fused-ring (bicyclic) bond motifs is 1. The lowest BCUT2D eigenvalue weighted by Gasteiger charge is -2.21. The van der Waals surface area contributed by atoms with Gasteiger partial charge in [-0.05, 0) is 36.8 Å². The monoisotopic (exact) mass is 272 g/mol. The van der Waals surface area contributed by atoms with Crippen molar-refractivity contribution < 1.29 is 4.79 Å². The molecule has 1 aromatic carbocycles. The first-order chi connectivity index (χ1) is 9.84. The van der Waals surface area contributed by atoms with E-state index in [-0.39, 0.29) is 5.91 Å². The van der Waals surface area contributed by atoms with Gasteiger partial charge in [0.05, 0.1) is 11.3 Å². The number of hydrogen-bond acceptors (Lipinski definition) is 2. The summed E-state index contributed by atoms with van der Waals surface area (Å²) in [4.78, 5) is 12.3. The van der Waals surface area contributed by atoms with Crippen molar-refractivity contribution in [3.8, 4) is 0 Å². The Morgan fingerprint density at radius 2 is 2.10 bits per heavy atom. The molecule has 0 bridgehead atoms. The van der Waals surface area contributed by atoms with Gasteiger partial charge in [0.15, 0.2) is 0 Å². The maximum Gasteiger partial charge on any atom is 0.253 e. The predicted molar refractivity (Wildman–Crippen MR) is 82.2 cm³/mol. The number of nitrogens with one attached hydrogen (secondary N) is 2. The van der Waals surface area contributed by atoms with Crippen LogP contribution in [0.25, 0.3) is 0 Å². The maximum absolute atomic E-state index is 12.3. The molecular formula is C17H24N2O. The molecule has 3 heteroatoms. The van der Waals surface area contributed by atoms with Crippen LogP contribution in [0.5, 0.6) is 0 Å². The van der Waals surface area contributed by atoms with Gasteiger partial charge in [0, 0.05) is 13.1 Å². The molecule has 1 aliphatic heterocycles. The van der Waals surface area contributed by atoms with Gasteiger partial charge < -0.3 is 10.6 Å². The summed E-state index contributed by atoms with van der Waals surface area (Å²) < 4.78 is 0. The summed E-state index contributed by atoms with van der Waals surface area (Å²) in [7, 11) is 0. The van der Waals surface area contributed by atoms with E-state index in [1.165, 1.54) is 31.2 Å². The molecule has 1 saturated carbocycles. The van der Waals surface area contributed by atoms with Crippen molar-refractivity contribution in [3.05, 3.63) is 29.3 Å². The molecule has 108 valence electrons. The number of hydrogen-bond donors (Lipinski definition) is 2. The third-order valence-corrected chi connectivity index (χ3v) is 4.63. The molecule has 2 N–H and O–H groups in total. The predicted octanol–water partition coefficient (Wildman–Crippen LogP) is 3.35. The molecule has 1 aromatic rings. The molecule has 1 heterocycles. The van der Waals surface area contributed by atoms with Crippen LogP contribution in [-0.2, 0) is 6.42 Å². The lowest BCUT2D eigenvalue weighted by molar-refractivity contribution is 0.0952. The quantitative estimate of drug-likeness (QED) is 0.882. The zero-order valence-corrected chi connectivity index (χ0v) is 12.1. The smallest absolute Gasteiger partial charge is 0.253 e. The maximum atomic E-state index is 12.3. The molecular weight excluding hydrogens is 248 g/mol. The van der Waals surface area contributed by atoms with Crippen molar-refractivity contribution in [2.75, 3.05) is 18.4 Å². The van der Waals surface area contributed by atoms with E-state index in [1.807, 2.05) is 12.1 Å². The molecule has 0 aromatic heterocycles. The summed E-state index contributed by atoms with van der Waals surface area (Å²) in [6, 6.07) is 6.05. The van der Waals surface area contributed by atoms with Gasteiger partial charge in [-0.25, -0.2) is 0 Å². The van der Waals surface area contributed by atoms with Crippen molar-refractivity contribution in [1.29, 1.82) is 0 Å². The molecule has 3 rings (SSSR count). The van der Waals surface area contributed by atoms with Gasteiger partial charge in [0.1, 0.15) is 0 Å². The van der Waals surface area contributed by atoms with Crippen LogP contribution in [0.3, 0.4) is 0 Å². The highest BCUT2D eigenvalue weighted by Gasteiger charge is 2.18. The molecule has 0 saturated heterocycles. The van der Waals surface area contributed by atoms with Crippen molar-refractivity contribution in [2.24, 2.45) is 5.92 Å². The van der Waals surface area contributed by atoms with Crippen LogP contribution in [0, 0.1) is 5.92 Å². The van der Waals surface area contributed by atoms with E-state index in [4.69, 9.17) is 0 Å². The fourth-order valence-electron chi connectivity index (χ4n) is 3.48. The summed E-state index contributed by atoms with van der Waals surface area (Å²) in [5.41, 5.74) is 3.14. The van der Waals surface area contributed by atoms with Crippen molar-refractivity contribution in [2.45, 2.75) is 44.9 Å². The van der Waals surface area contributed by atoms with Gasteiger partial charge in [-0.1, -0.05) is 37.8 Å². The minimum absolute atomic E-state index is 0.0780. The molecule has 3 nitrogen and oxygen atoms in total. The van der Waals surface area contributed by atoms with Crippen molar-refractivity contribution in [3.63, 3.8) is 0 Å². The number of rotatable bonds is 4. The number of anilines is 1. The van der Waals surface area contributed by atoms with E-state index in [0.29, 0.717) is 0 Å². The van der Waals surface area contributed by atoms with Crippen LogP contribution >= 0.6 is 0 Å². The van der Waals surface area contributed by atoms with Crippen LogP contribution in [0.4, 0.5) is 5.69 Å². The molecule has 0 unspecified atom stereocenters. The Morgan fingerprint density at radius 3 is 2.95 bits per heavy atom. The summed E-state index contributed by atoms with van der Waals surface area (Å²) in [5.74, 6) is 0.910. The van der Waals surface area contributed by atoms with Crippen LogP contribution in [0.2, 0.25) is 0 Å². The molecule has 20 heavy (non-hydrogen) atoms. The molecule has 0 spiro atoms. The highest BCUT2D eigenvalue weighted by atomic mass is 16.1. The minimum Gasteiger partial charge on any atom is -0.384 e. The van der Waals surface area contributed by atoms with Gasteiger partial charge in [0.25, 0.3) is 5.91 Å². The van der Waals surface area contributed by atoms with Gasteiger partial charge in [-0.2, -0.15) is 0 Å². The summed E-state index contributed by atoms with van der Waals surface area (Å²) in [6.45, 7) is 1.78. The van der Waals surface area contributed by atoms with E-state index < -0.39 is 0 Å². The van der Waals surface area contributed by atoms with Gasteiger partial charge in [0.2, 0.25) is 0 Å². The van der Waals surface area contributed by atoms with Crippen molar-refractivity contribution >= 4 is 11.6 Å². The number of carbonyl (C=O) groups excluding carboxylic acids is 1. The highest BCUT2D eigenvalue weighted by Crippen LogP contribution is 2.28. The van der Waals surface area contributed by atoms with E-state index in [2.05, 4.69) is 16.7 Å². The summed E-state index contributed by atoms with van der Waals surface area (Å²) >= 11 is 0. The molecule has 1 amide bonds. The zero-order valence-electron chi connectivity index (χ0n) is 12.1. The van der Waals surface area contributed by atoms with Gasteiger partial charge in [-0.15, -0.1) is 0 Å². The Labute approximate surface area is 121 Å². The largest absolute Gasteiger partial charge is 0.384 e. The van der Waals surface area contributed by atoms with E-state index in [0.717, 1.165) is 49.5 Å². The zero-order chi connectivity index (χ0) is 13.8. The molecule has 0 atom stereocenters. The minimum atomic E-state index is 0.0780. The van der Waals surface area contributed by atoms with Crippen LogP contribution < -0.4 is 10.6 Å². The lowest BCUT2D eigenvalue weighted by atomic mass is 9.99. The third-order valence-electron chi connectivity index (χ3n) is 4.63. The first-order valence-corrected chi connectivity index (χ1v) is 7.98. The van der Waals surface area contributed by atoms with Crippen LogP contribution in [0.1, 0.15) is 54.4 Å². The average molecular weight is 272 g/mol. The number of para-hydroxylation sites is 1. The van der Waals surface area contributed by atoms with Crippen molar-refractivity contribution in [1.82, 2.24) is 5.32 Å². The first-order valence-electron chi connectivity index (χ1n) is 7.98. The summed E-state index contributed by atoms with van der Waals surface area (Å²) in [5, 5.41) is 6.48. The molecule has 1 fully saturated rings. The highest BCUT2D eigenvalue weighted by molar-refractivity contribution is 6.00. The Hall–Kier alpha value is -1.51. The molecule has 2 aliphatic rings. The average Bonchev–Trinajstić information content (AvgIpc) is 3.00. The molecule has 1 aliphatic carbocycles. The number of carbonyl (C=O) groups is 1. The number of aryl methyl sites for hydroxylation is 1. The van der Waals surface area contributed by atoms with E-state index in [9.17, 15) is 4.79 Å².